The minimum Gasteiger partial charge on any atom is -0.458 e. The van der Waals surface area contributed by atoms with Gasteiger partial charge in [0.25, 0.3) is 0 Å². The second-order valence-electron chi connectivity index (χ2n) is 20.4. The fraction of sp³-hybridized carbons (Fsp3) is 0.739. The molecule has 0 radical (unpaired) electrons. The Labute approximate surface area is 349 Å². The summed E-state index contributed by atoms with van der Waals surface area (Å²) in [6.07, 6.45) is 4.29. The highest BCUT2D eigenvalue weighted by Gasteiger charge is 2.71. The molecule has 0 aromatic carbocycles. The SMILES string of the molecule is C[C@]12C[C@H](O)[C@H]3[C@@H](CCC4=CC(=O)CC(OC(=O)C=CC(=O)OC5CC(=O)C=C6CC[C@@H]7[C@H]([C@@H](O)C[C@@]8(C)[C@H]7CC[C@]8(O)C(=O)CO)[C@]65C)[C@@]43C)[C@@H]1CC[C@]2(O)C(=O)CO. The first kappa shape index (κ1) is 43.3. The smallest absolute Gasteiger partial charge is 0.331 e. The standard InChI is InChI=1S/C46H60O14/c1-41-19-31(51)39-27(29(41)11-13-45(41,57)33(53)21-47)7-5-23-15-25(49)17-35(43(23,39)3)59-37(55)9-10-38(56)60-36-18-26(50)16-24-6-8-28-30-12-14-46(58,34(54)22-48)42(30,2)20-32(52)40(28)44(24,36)4/h9-10,15-16,27-32,35-36,39-40,47-48,51-52,57-58H,5-8,11-14,17-22H2,1-4H3/t27-,28-,29-,30-,31-,32-,35?,36?,39+,40+,41-,42-,43+,44+,45-,46-/m0/s1. The molecule has 2 unspecified atom stereocenters. The predicted molar refractivity (Wildman–Crippen MR) is 210 cm³/mol. The van der Waals surface area contributed by atoms with Crippen molar-refractivity contribution in [1.82, 2.24) is 0 Å². The van der Waals surface area contributed by atoms with E-state index in [1.54, 1.807) is 26.0 Å². The number of carbonyl (C=O) groups excluding carboxylic acids is 6. The third-order valence-electron chi connectivity index (χ3n) is 18.3. The molecule has 0 aromatic rings. The van der Waals surface area contributed by atoms with E-state index in [9.17, 15) is 59.4 Å². The van der Waals surface area contributed by atoms with Crippen molar-refractivity contribution in [1.29, 1.82) is 0 Å². The normalized spacial score (nSPS) is 48.0. The van der Waals surface area contributed by atoms with Crippen LogP contribution in [0.1, 0.15) is 105 Å². The molecule has 328 valence electrons. The number of fused-ring (bicyclic) bond motifs is 10. The zero-order chi connectivity index (χ0) is 43.5. The van der Waals surface area contributed by atoms with Gasteiger partial charge >= 0.3 is 11.9 Å². The molecular formula is C46H60O14. The van der Waals surface area contributed by atoms with Crippen molar-refractivity contribution < 1.29 is 68.9 Å². The van der Waals surface area contributed by atoms with Crippen molar-refractivity contribution in [3.63, 3.8) is 0 Å². The summed E-state index contributed by atoms with van der Waals surface area (Å²) in [5, 5.41) is 66.4. The molecule has 60 heavy (non-hydrogen) atoms. The Bertz CT molecular complexity index is 1850. The molecule has 16 atom stereocenters. The van der Waals surface area contributed by atoms with Gasteiger partial charge in [-0.2, -0.15) is 0 Å². The number of carbonyl (C=O) groups is 6. The highest BCUT2D eigenvalue weighted by Crippen LogP contribution is 2.69. The number of aliphatic hydroxyl groups is 6. The van der Waals surface area contributed by atoms with E-state index in [4.69, 9.17) is 9.47 Å². The molecule has 8 rings (SSSR count). The molecule has 8 aliphatic rings. The van der Waals surface area contributed by atoms with Crippen molar-refractivity contribution >= 4 is 35.1 Å². The van der Waals surface area contributed by atoms with Crippen molar-refractivity contribution in [3.8, 4) is 0 Å². The van der Waals surface area contributed by atoms with Crippen LogP contribution in [-0.2, 0) is 38.2 Å². The van der Waals surface area contributed by atoms with Gasteiger partial charge in [-0.05, 0) is 100 Å². The van der Waals surface area contributed by atoms with Gasteiger partial charge in [0.2, 0.25) is 0 Å². The van der Waals surface area contributed by atoms with Crippen molar-refractivity contribution in [2.75, 3.05) is 13.2 Å². The summed E-state index contributed by atoms with van der Waals surface area (Å²) < 4.78 is 12.0. The minimum absolute atomic E-state index is 0.0774. The Balaban J connectivity index is 0.995. The van der Waals surface area contributed by atoms with Crippen molar-refractivity contribution in [3.05, 3.63) is 35.5 Å². The van der Waals surface area contributed by atoms with Gasteiger partial charge < -0.3 is 40.1 Å². The molecule has 6 fully saturated rings. The van der Waals surface area contributed by atoms with E-state index < -0.39 is 106 Å². The lowest BCUT2D eigenvalue weighted by molar-refractivity contribution is -0.196. The third-order valence-corrected chi connectivity index (χ3v) is 18.3. The van der Waals surface area contributed by atoms with Gasteiger partial charge in [0.05, 0.1) is 12.2 Å². The Hall–Kier alpha value is -3.40. The largest absolute Gasteiger partial charge is 0.458 e. The fourth-order valence-electron chi connectivity index (χ4n) is 15.4. The second kappa shape index (κ2) is 14.6. The lowest BCUT2D eigenvalue weighted by Crippen LogP contribution is -2.64. The summed E-state index contributed by atoms with van der Waals surface area (Å²) in [5.74, 6) is -5.30. The Morgan fingerprint density at radius 2 is 1.02 bits per heavy atom. The van der Waals surface area contributed by atoms with E-state index in [0.29, 0.717) is 38.5 Å². The molecule has 0 aliphatic heterocycles. The van der Waals surface area contributed by atoms with Crippen molar-refractivity contribution in [2.24, 2.45) is 57.2 Å². The Kier molecular flexibility index (Phi) is 10.5. The van der Waals surface area contributed by atoms with Gasteiger partial charge in [-0.3, -0.25) is 19.2 Å². The highest BCUT2D eigenvalue weighted by atomic mass is 16.6. The number of hydrogen-bond donors (Lipinski definition) is 6. The molecule has 14 nitrogen and oxygen atoms in total. The number of Topliss-reactive ketones (excluding diaryl/α,β-unsaturated/α-hetero) is 2. The molecule has 0 saturated heterocycles. The van der Waals surface area contributed by atoms with Crippen LogP contribution in [0.15, 0.2) is 35.5 Å². The quantitative estimate of drug-likeness (QED) is 0.152. The van der Waals surface area contributed by atoms with Crippen LogP contribution in [0, 0.1) is 57.2 Å². The zero-order valence-electron chi connectivity index (χ0n) is 34.9. The van der Waals surface area contributed by atoms with Crippen LogP contribution in [0.25, 0.3) is 0 Å². The molecule has 6 N–H and O–H groups in total. The number of aliphatic hydroxyl groups excluding tert-OH is 4. The first-order valence-corrected chi connectivity index (χ1v) is 21.8. The first-order valence-electron chi connectivity index (χ1n) is 21.8. The summed E-state index contributed by atoms with van der Waals surface area (Å²) in [7, 11) is 0. The summed E-state index contributed by atoms with van der Waals surface area (Å²) in [6, 6.07) is 0. The summed E-state index contributed by atoms with van der Waals surface area (Å²) in [5.41, 5.74) is -6.00. The number of esters is 2. The maximum absolute atomic E-state index is 13.6. The first-order chi connectivity index (χ1) is 28.1. The topological polar surface area (TPSA) is 242 Å². The van der Waals surface area contributed by atoms with Crippen LogP contribution in [0.3, 0.4) is 0 Å². The highest BCUT2D eigenvalue weighted by molar-refractivity contribution is 5.95. The average molecular weight is 837 g/mol. The van der Waals surface area contributed by atoms with Gasteiger partial charge in [0.15, 0.2) is 23.1 Å². The molecule has 0 spiro atoms. The third kappa shape index (κ3) is 5.86. The Morgan fingerprint density at radius 3 is 1.37 bits per heavy atom. The average Bonchev–Trinajstić information content (AvgIpc) is 3.62. The van der Waals surface area contributed by atoms with E-state index in [1.165, 1.54) is 0 Å². The monoisotopic (exact) mass is 836 g/mol. The molecule has 0 amide bonds. The van der Waals surface area contributed by atoms with Crippen LogP contribution >= 0.6 is 0 Å². The van der Waals surface area contributed by atoms with E-state index in [2.05, 4.69) is 0 Å². The van der Waals surface area contributed by atoms with Crippen LogP contribution in [0.2, 0.25) is 0 Å². The summed E-state index contributed by atoms with van der Waals surface area (Å²) in [6.45, 7) is 5.75. The molecule has 8 aliphatic carbocycles. The lowest BCUT2D eigenvalue weighted by Gasteiger charge is -2.61. The van der Waals surface area contributed by atoms with Gasteiger partial charge in [0, 0.05) is 58.5 Å². The Morgan fingerprint density at radius 1 is 0.650 bits per heavy atom. The zero-order valence-corrected chi connectivity index (χ0v) is 34.9. The molecule has 0 bridgehead atoms. The fourth-order valence-corrected chi connectivity index (χ4v) is 15.4. The molecule has 14 heteroatoms. The van der Waals surface area contributed by atoms with E-state index in [-0.39, 0.29) is 73.8 Å². The van der Waals surface area contributed by atoms with E-state index in [0.717, 1.165) is 23.3 Å². The van der Waals surface area contributed by atoms with Crippen LogP contribution in [-0.4, -0.2) is 115 Å². The number of ether oxygens (including phenoxy) is 2. The molecule has 0 aromatic heterocycles. The minimum atomic E-state index is -1.79. The number of ketones is 4. The van der Waals surface area contributed by atoms with Crippen LogP contribution in [0.4, 0.5) is 0 Å². The molecular weight excluding hydrogens is 776 g/mol. The van der Waals surface area contributed by atoms with E-state index >= 15 is 0 Å². The number of rotatable bonds is 8. The molecule has 0 heterocycles. The van der Waals surface area contributed by atoms with Gasteiger partial charge in [0.1, 0.15) is 36.6 Å². The van der Waals surface area contributed by atoms with Crippen molar-refractivity contribution in [2.45, 2.75) is 140 Å². The maximum atomic E-state index is 13.6. The van der Waals surface area contributed by atoms with Crippen LogP contribution < -0.4 is 0 Å². The van der Waals surface area contributed by atoms with Gasteiger partial charge in [-0.1, -0.05) is 38.8 Å². The second-order valence-corrected chi connectivity index (χ2v) is 20.4. The number of hydrogen-bond acceptors (Lipinski definition) is 14. The lowest BCUT2D eigenvalue weighted by atomic mass is 9.44. The van der Waals surface area contributed by atoms with Gasteiger partial charge in [-0.25, -0.2) is 9.59 Å². The molecule has 6 saturated carbocycles. The maximum Gasteiger partial charge on any atom is 0.331 e. The predicted octanol–water partition coefficient (Wildman–Crippen LogP) is 2.18. The summed E-state index contributed by atoms with van der Waals surface area (Å²) in [4.78, 5) is 79.0. The van der Waals surface area contributed by atoms with Crippen LogP contribution in [0.5, 0.6) is 0 Å². The summed E-state index contributed by atoms with van der Waals surface area (Å²) >= 11 is 0. The van der Waals surface area contributed by atoms with Gasteiger partial charge in [-0.15, -0.1) is 0 Å². The van der Waals surface area contributed by atoms with E-state index in [1.807, 2.05) is 13.8 Å².